The van der Waals surface area contributed by atoms with Gasteiger partial charge in [-0.25, -0.2) is 4.79 Å². The Bertz CT molecular complexity index is 421. The summed E-state index contributed by atoms with van der Waals surface area (Å²) in [5.41, 5.74) is 0.601. The number of methoxy groups -OCH3 is 1. The summed E-state index contributed by atoms with van der Waals surface area (Å²) >= 11 is 0. The Morgan fingerprint density at radius 1 is 1.50 bits per heavy atom. The first kappa shape index (κ1) is 12.1. The first-order valence-electron chi connectivity index (χ1n) is 4.84. The molecule has 0 radical (unpaired) electrons. The molecule has 4 heteroatoms. The molecule has 4 nitrogen and oxygen atoms in total. The van der Waals surface area contributed by atoms with E-state index in [9.17, 15) is 9.90 Å². The molecular weight excluding hydrogens is 208 g/mol. The average molecular weight is 222 g/mol. The van der Waals surface area contributed by atoms with Crippen molar-refractivity contribution in [2.75, 3.05) is 7.11 Å². The summed E-state index contributed by atoms with van der Waals surface area (Å²) in [6.45, 7) is 1.87. The van der Waals surface area contributed by atoms with Crippen LogP contribution >= 0.6 is 0 Å². The van der Waals surface area contributed by atoms with Gasteiger partial charge in [0.05, 0.1) is 12.7 Å². The number of hydrogen-bond donors (Lipinski definition) is 2. The van der Waals surface area contributed by atoms with E-state index in [1.165, 1.54) is 19.2 Å². The molecule has 0 bridgehead atoms. The van der Waals surface area contributed by atoms with Gasteiger partial charge >= 0.3 is 5.97 Å². The molecule has 0 heterocycles. The maximum absolute atomic E-state index is 10.8. The average Bonchev–Trinajstić information content (AvgIpc) is 2.26. The summed E-state index contributed by atoms with van der Waals surface area (Å²) < 4.78 is 5.06. The van der Waals surface area contributed by atoms with Gasteiger partial charge in [0.25, 0.3) is 0 Å². The molecule has 1 aromatic rings. The zero-order chi connectivity index (χ0) is 12.1. The number of phenolic OH excluding ortho intramolecular Hbond substituents is 1. The quantitative estimate of drug-likeness (QED) is 0.766. The number of aromatic carboxylic acids is 1. The molecule has 0 amide bonds. The highest BCUT2D eigenvalue weighted by Gasteiger charge is 2.13. The maximum atomic E-state index is 10.8. The first-order chi connectivity index (χ1) is 7.60. The van der Waals surface area contributed by atoms with E-state index >= 15 is 0 Å². The van der Waals surface area contributed by atoms with Crippen LogP contribution in [0.3, 0.4) is 0 Å². The van der Waals surface area contributed by atoms with Crippen molar-refractivity contribution in [3.63, 3.8) is 0 Å². The van der Waals surface area contributed by atoms with E-state index in [1.54, 1.807) is 0 Å². The van der Waals surface area contributed by atoms with Gasteiger partial charge in [-0.3, -0.25) is 0 Å². The standard InChI is InChI=1S/C12H14O4/c1-3-4-5-9-10(13)6-8(12(14)15)7-11(9)16-2/h3-4,6-7,13H,5H2,1-2H3,(H,14,15). The van der Waals surface area contributed by atoms with E-state index in [0.29, 0.717) is 17.7 Å². The van der Waals surface area contributed by atoms with Crippen LogP contribution in [0.5, 0.6) is 11.5 Å². The third-order valence-electron chi connectivity index (χ3n) is 2.21. The van der Waals surface area contributed by atoms with Gasteiger partial charge in [0.15, 0.2) is 0 Å². The Labute approximate surface area is 93.8 Å². The number of benzene rings is 1. The van der Waals surface area contributed by atoms with Gasteiger partial charge < -0.3 is 14.9 Å². The van der Waals surface area contributed by atoms with E-state index in [2.05, 4.69) is 0 Å². The van der Waals surface area contributed by atoms with Gasteiger partial charge in [0.1, 0.15) is 11.5 Å². The number of aromatic hydroxyl groups is 1. The zero-order valence-electron chi connectivity index (χ0n) is 9.23. The van der Waals surface area contributed by atoms with Crippen molar-refractivity contribution in [3.05, 3.63) is 35.4 Å². The third-order valence-corrected chi connectivity index (χ3v) is 2.21. The van der Waals surface area contributed by atoms with Crippen LogP contribution in [0.2, 0.25) is 0 Å². The molecule has 0 aliphatic heterocycles. The van der Waals surface area contributed by atoms with Gasteiger partial charge in [-0.05, 0) is 25.5 Å². The van der Waals surface area contributed by atoms with Crippen LogP contribution in [0.1, 0.15) is 22.8 Å². The Kier molecular flexibility index (Phi) is 3.94. The van der Waals surface area contributed by atoms with Gasteiger partial charge in [-0.1, -0.05) is 12.2 Å². The van der Waals surface area contributed by atoms with Crippen molar-refractivity contribution in [3.8, 4) is 11.5 Å². The van der Waals surface area contributed by atoms with Crippen molar-refractivity contribution >= 4 is 5.97 Å². The molecule has 16 heavy (non-hydrogen) atoms. The fourth-order valence-corrected chi connectivity index (χ4v) is 1.38. The second-order valence-electron chi connectivity index (χ2n) is 3.25. The summed E-state index contributed by atoms with van der Waals surface area (Å²) in [6.07, 6.45) is 4.22. The number of allylic oxidation sites excluding steroid dienone is 2. The molecule has 0 aromatic heterocycles. The third kappa shape index (κ3) is 2.53. The lowest BCUT2D eigenvalue weighted by molar-refractivity contribution is 0.0696. The van der Waals surface area contributed by atoms with Crippen molar-refractivity contribution in [1.82, 2.24) is 0 Å². The highest BCUT2D eigenvalue weighted by atomic mass is 16.5. The zero-order valence-corrected chi connectivity index (χ0v) is 9.23. The largest absolute Gasteiger partial charge is 0.507 e. The minimum atomic E-state index is -1.09. The normalized spacial score (nSPS) is 10.6. The fraction of sp³-hybridized carbons (Fsp3) is 0.250. The van der Waals surface area contributed by atoms with Crippen LogP contribution < -0.4 is 4.74 Å². The van der Waals surface area contributed by atoms with Crippen molar-refractivity contribution < 1.29 is 19.7 Å². The molecular formula is C12H14O4. The van der Waals surface area contributed by atoms with Gasteiger partial charge in [-0.15, -0.1) is 0 Å². The Morgan fingerprint density at radius 2 is 2.19 bits per heavy atom. The molecule has 0 aliphatic rings. The number of hydrogen-bond acceptors (Lipinski definition) is 3. The van der Waals surface area contributed by atoms with Crippen LogP contribution in [-0.2, 0) is 6.42 Å². The Morgan fingerprint density at radius 3 is 2.69 bits per heavy atom. The molecule has 1 rings (SSSR count). The minimum absolute atomic E-state index is 0.0126. The number of carboxylic acid groups (broad SMARTS) is 1. The summed E-state index contributed by atoms with van der Waals surface area (Å²) in [4.78, 5) is 10.8. The van der Waals surface area contributed by atoms with Crippen LogP contribution in [-0.4, -0.2) is 23.3 Å². The van der Waals surface area contributed by atoms with Gasteiger partial charge in [0.2, 0.25) is 0 Å². The highest BCUT2D eigenvalue weighted by Crippen LogP contribution is 2.30. The monoisotopic (exact) mass is 222 g/mol. The smallest absolute Gasteiger partial charge is 0.335 e. The van der Waals surface area contributed by atoms with Gasteiger partial charge in [-0.2, -0.15) is 0 Å². The molecule has 86 valence electrons. The molecule has 0 saturated heterocycles. The van der Waals surface area contributed by atoms with E-state index in [0.717, 1.165) is 0 Å². The van der Waals surface area contributed by atoms with Crippen molar-refractivity contribution in [2.45, 2.75) is 13.3 Å². The van der Waals surface area contributed by atoms with Crippen molar-refractivity contribution in [1.29, 1.82) is 0 Å². The number of ether oxygens (including phenoxy) is 1. The molecule has 0 spiro atoms. The lowest BCUT2D eigenvalue weighted by atomic mass is 10.1. The molecule has 0 unspecified atom stereocenters. The van der Waals surface area contributed by atoms with Crippen molar-refractivity contribution in [2.24, 2.45) is 0 Å². The number of carbonyl (C=O) groups is 1. The number of rotatable bonds is 4. The van der Waals surface area contributed by atoms with Crippen LogP contribution in [0.25, 0.3) is 0 Å². The van der Waals surface area contributed by atoms with E-state index < -0.39 is 5.97 Å². The number of phenols is 1. The predicted octanol–water partition coefficient (Wildman–Crippen LogP) is 2.22. The van der Waals surface area contributed by atoms with E-state index in [-0.39, 0.29) is 11.3 Å². The highest BCUT2D eigenvalue weighted by molar-refractivity contribution is 5.89. The number of carboxylic acids is 1. The van der Waals surface area contributed by atoms with E-state index in [1.807, 2.05) is 19.1 Å². The second-order valence-corrected chi connectivity index (χ2v) is 3.25. The lowest BCUT2D eigenvalue weighted by Gasteiger charge is -2.10. The van der Waals surface area contributed by atoms with E-state index in [4.69, 9.17) is 9.84 Å². The fourth-order valence-electron chi connectivity index (χ4n) is 1.38. The van der Waals surface area contributed by atoms with Crippen LogP contribution in [0.4, 0.5) is 0 Å². The topological polar surface area (TPSA) is 66.8 Å². The Balaban J connectivity index is 3.22. The summed E-state index contributed by atoms with van der Waals surface area (Å²) in [6, 6.07) is 2.63. The predicted molar refractivity (Wildman–Crippen MR) is 60.1 cm³/mol. The summed E-state index contributed by atoms with van der Waals surface area (Å²) in [7, 11) is 1.44. The SMILES string of the molecule is CC=CCc1c(O)cc(C(=O)O)cc1OC. The molecule has 0 fully saturated rings. The van der Waals surface area contributed by atoms with Crippen LogP contribution in [0, 0.1) is 0 Å². The first-order valence-corrected chi connectivity index (χ1v) is 4.84. The molecule has 0 saturated carbocycles. The Hall–Kier alpha value is -1.97. The van der Waals surface area contributed by atoms with Gasteiger partial charge in [0, 0.05) is 5.56 Å². The maximum Gasteiger partial charge on any atom is 0.335 e. The molecule has 0 aliphatic carbocycles. The summed E-state index contributed by atoms with van der Waals surface area (Å²) in [5.74, 6) is -0.767. The van der Waals surface area contributed by atoms with Crippen LogP contribution in [0.15, 0.2) is 24.3 Å². The lowest BCUT2D eigenvalue weighted by Crippen LogP contribution is -2.00. The second kappa shape index (κ2) is 5.21. The molecule has 0 atom stereocenters. The summed E-state index contributed by atoms with van der Waals surface area (Å²) in [5, 5.41) is 18.5. The molecule has 2 N–H and O–H groups in total. The molecule has 1 aromatic carbocycles. The minimum Gasteiger partial charge on any atom is -0.507 e.